The Morgan fingerprint density at radius 2 is 0.981 bits per heavy atom. The molecule has 8 saturated carbocycles. The Bertz CT molecular complexity index is 1210. The predicted molar refractivity (Wildman–Crippen MR) is 231 cm³/mol. The molecule has 0 N–H and O–H groups in total. The molecule has 10 rings (SSSR count). The van der Waals surface area contributed by atoms with Crippen LogP contribution in [0.5, 0.6) is 0 Å². The molecule has 0 spiro atoms. The van der Waals surface area contributed by atoms with E-state index in [1.54, 1.807) is 128 Å². The average molecular weight is 762 g/mol. The predicted octanol–water partition coefficient (Wildman–Crippen LogP) is 14.2. The highest BCUT2D eigenvalue weighted by Crippen LogP contribution is 2.67. The van der Waals surface area contributed by atoms with E-state index in [1.807, 2.05) is 0 Å². The molecular weight excluding hydrogens is 679 g/mol. The number of fused-ring (bicyclic) bond motifs is 8. The van der Waals surface area contributed by atoms with Gasteiger partial charge in [-0.25, -0.2) is 0 Å². The lowest BCUT2D eigenvalue weighted by Gasteiger charge is -2.59. The van der Waals surface area contributed by atoms with Gasteiger partial charge >= 0.3 is 0 Å². The molecule has 300 valence electrons. The van der Waals surface area contributed by atoms with Crippen molar-refractivity contribution in [2.75, 3.05) is 0 Å². The summed E-state index contributed by atoms with van der Waals surface area (Å²) in [4.78, 5) is 3.56. The maximum atomic E-state index is 3.56. The van der Waals surface area contributed by atoms with Crippen molar-refractivity contribution in [2.24, 2.45) is 70.5 Å². The lowest BCUT2D eigenvalue weighted by atomic mass is 9.56. The van der Waals surface area contributed by atoms with Gasteiger partial charge in [-0.05, 0) is 160 Å². The summed E-state index contributed by atoms with van der Waals surface area (Å²) in [6.07, 6.45) is 43.6. The molecule has 2 heterocycles. The largest absolute Gasteiger partial charge is 0.293 e. The molecule has 0 aromatic rings. The molecular formula is C50H83NS2. The summed E-state index contributed by atoms with van der Waals surface area (Å²) >= 11 is 5.25. The second-order valence-electron chi connectivity index (χ2n) is 23.0. The average Bonchev–Trinajstić information content (AvgIpc) is 3.78. The zero-order chi connectivity index (χ0) is 35.7. The van der Waals surface area contributed by atoms with Crippen molar-refractivity contribution in [3.05, 3.63) is 0 Å². The molecule has 14 unspecified atom stereocenters. The molecule has 10 fully saturated rings. The third kappa shape index (κ3) is 7.13. The standard InChI is InChI=1S/C50H83NS2/c1-50(2,3)41-28-30-43(49-46(41)40-27-31-45-47(48(40)53-49)39-20-12-13-21-44(39)52-45)51(35-24-22-33(23-25-35)32-14-6-4-7-15-32)42-29-26-36(34-16-8-5-9-17-34)37-18-10-11-19-38(37)42/h32-49H,4-31H2,1-3H3. The van der Waals surface area contributed by atoms with Crippen LogP contribution in [0.15, 0.2) is 0 Å². The molecule has 8 aliphatic carbocycles. The van der Waals surface area contributed by atoms with Gasteiger partial charge in [0.05, 0.1) is 0 Å². The number of nitrogens with zero attached hydrogens (tertiary/aromatic N) is 1. The summed E-state index contributed by atoms with van der Waals surface area (Å²) in [5.74, 6) is 11.4. The monoisotopic (exact) mass is 762 g/mol. The Balaban J connectivity index is 0.977. The molecule has 0 amide bonds. The summed E-state index contributed by atoms with van der Waals surface area (Å²) in [6.45, 7) is 8.01. The van der Waals surface area contributed by atoms with Gasteiger partial charge in [-0.1, -0.05) is 111 Å². The molecule has 0 aromatic heterocycles. The fourth-order valence-corrected chi connectivity index (χ4v) is 22.3. The Hall–Kier alpha value is 0.660. The molecule has 10 aliphatic rings. The summed E-state index contributed by atoms with van der Waals surface area (Å²) < 4.78 is 0. The lowest BCUT2D eigenvalue weighted by molar-refractivity contribution is -0.0798. The van der Waals surface area contributed by atoms with E-state index in [0.717, 1.165) is 104 Å². The minimum Gasteiger partial charge on any atom is -0.293 e. The second kappa shape index (κ2) is 16.0. The van der Waals surface area contributed by atoms with Gasteiger partial charge in [0, 0.05) is 39.1 Å². The maximum Gasteiger partial charge on any atom is 0.0240 e. The molecule has 0 aromatic carbocycles. The molecule has 0 radical (unpaired) electrons. The van der Waals surface area contributed by atoms with Gasteiger partial charge in [0.2, 0.25) is 0 Å². The van der Waals surface area contributed by atoms with Crippen molar-refractivity contribution < 1.29 is 0 Å². The first-order chi connectivity index (χ1) is 25.9. The number of hydrogen-bond acceptors (Lipinski definition) is 3. The summed E-state index contributed by atoms with van der Waals surface area (Å²) in [5.41, 5.74) is 0.452. The molecule has 3 heteroatoms. The van der Waals surface area contributed by atoms with E-state index in [1.165, 1.54) is 51.4 Å². The SMILES string of the molecule is CC(C)(C)C1CCC(N(C2CCC(C3CCCCC3)CC2)C2CCC(C3CCCCC3)C3CCCCC32)C2SC3C(CCC4SC5CCCCC5C43)C21. The second-order valence-corrected chi connectivity index (χ2v) is 25.8. The summed E-state index contributed by atoms with van der Waals surface area (Å²) in [6, 6.07) is 2.68. The van der Waals surface area contributed by atoms with Crippen LogP contribution in [0.4, 0.5) is 0 Å². The first-order valence-corrected chi connectivity index (χ1v) is 26.9. The lowest BCUT2D eigenvalue weighted by Crippen LogP contribution is -2.62. The first kappa shape index (κ1) is 37.9. The number of hydrogen-bond donors (Lipinski definition) is 0. The van der Waals surface area contributed by atoms with Gasteiger partial charge in [-0.3, -0.25) is 4.90 Å². The zero-order valence-corrected chi connectivity index (χ0v) is 36.6. The van der Waals surface area contributed by atoms with Crippen LogP contribution in [-0.4, -0.2) is 44.0 Å². The Kier molecular flexibility index (Phi) is 11.5. The fraction of sp³-hybridized carbons (Fsp3) is 1.00. The topological polar surface area (TPSA) is 3.24 Å². The highest BCUT2D eigenvalue weighted by molar-refractivity contribution is 8.02. The van der Waals surface area contributed by atoms with Crippen molar-refractivity contribution in [3.8, 4) is 0 Å². The van der Waals surface area contributed by atoms with Crippen LogP contribution in [0.25, 0.3) is 0 Å². The van der Waals surface area contributed by atoms with E-state index in [9.17, 15) is 0 Å². The zero-order valence-electron chi connectivity index (χ0n) is 35.0. The highest BCUT2D eigenvalue weighted by atomic mass is 32.2. The van der Waals surface area contributed by atoms with Crippen LogP contribution in [0.3, 0.4) is 0 Å². The van der Waals surface area contributed by atoms with Crippen LogP contribution in [0.2, 0.25) is 0 Å². The normalized spacial score (nSPS) is 49.8. The van der Waals surface area contributed by atoms with Gasteiger partial charge in [0.25, 0.3) is 0 Å². The van der Waals surface area contributed by atoms with Gasteiger partial charge < -0.3 is 0 Å². The Morgan fingerprint density at radius 3 is 1.72 bits per heavy atom. The minimum atomic E-state index is 0.452. The third-order valence-electron chi connectivity index (χ3n) is 19.7. The van der Waals surface area contributed by atoms with Crippen LogP contribution in [0.1, 0.15) is 201 Å². The highest BCUT2D eigenvalue weighted by Gasteiger charge is 2.63. The van der Waals surface area contributed by atoms with E-state index < -0.39 is 0 Å². The van der Waals surface area contributed by atoms with E-state index in [2.05, 4.69) is 49.2 Å². The quantitative estimate of drug-likeness (QED) is 0.275. The molecule has 1 nitrogen and oxygen atoms in total. The smallest absolute Gasteiger partial charge is 0.0240 e. The van der Waals surface area contributed by atoms with Gasteiger partial charge in [-0.15, -0.1) is 0 Å². The Labute approximate surface area is 337 Å². The van der Waals surface area contributed by atoms with E-state index in [-0.39, 0.29) is 0 Å². The van der Waals surface area contributed by atoms with Gasteiger partial charge in [0.15, 0.2) is 0 Å². The molecule has 2 aliphatic heterocycles. The van der Waals surface area contributed by atoms with Crippen LogP contribution < -0.4 is 0 Å². The first-order valence-electron chi connectivity index (χ1n) is 25.0. The fourth-order valence-electron chi connectivity index (χ4n) is 17.6. The van der Waals surface area contributed by atoms with Crippen LogP contribution in [0, 0.1) is 70.5 Å². The van der Waals surface area contributed by atoms with Crippen LogP contribution in [-0.2, 0) is 0 Å². The van der Waals surface area contributed by atoms with Crippen molar-refractivity contribution in [2.45, 2.75) is 240 Å². The number of thioether (sulfide) groups is 2. The van der Waals surface area contributed by atoms with Gasteiger partial charge in [0.1, 0.15) is 0 Å². The molecule has 14 atom stereocenters. The van der Waals surface area contributed by atoms with Crippen LogP contribution >= 0.6 is 23.5 Å². The van der Waals surface area contributed by atoms with Crippen molar-refractivity contribution in [1.29, 1.82) is 0 Å². The molecule has 0 bridgehead atoms. The van der Waals surface area contributed by atoms with Gasteiger partial charge in [-0.2, -0.15) is 23.5 Å². The molecule has 2 saturated heterocycles. The summed E-state index contributed by atoms with van der Waals surface area (Å²) in [5, 5.41) is 3.94. The minimum absolute atomic E-state index is 0.452. The van der Waals surface area contributed by atoms with Crippen molar-refractivity contribution in [3.63, 3.8) is 0 Å². The molecule has 53 heavy (non-hydrogen) atoms. The van der Waals surface area contributed by atoms with Crippen molar-refractivity contribution >= 4 is 23.5 Å². The van der Waals surface area contributed by atoms with Crippen molar-refractivity contribution in [1.82, 2.24) is 4.90 Å². The van der Waals surface area contributed by atoms with E-state index in [4.69, 9.17) is 0 Å². The Morgan fingerprint density at radius 1 is 0.377 bits per heavy atom. The number of rotatable bonds is 5. The summed E-state index contributed by atoms with van der Waals surface area (Å²) in [7, 11) is 0. The maximum absolute atomic E-state index is 3.56. The third-order valence-corrected chi connectivity index (χ3v) is 23.5. The van der Waals surface area contributed by atoms with E-state index in [0.29, 0.717) is 5.41 Å². The van der Waals surface area contributed by atoms with E-state index >= 15 is 0 Å².